The van der Waals surface area contributed by atoms with E-state index in [1.165, 1.54) is 21.5 Å². The van der Waals surface area contributed by atoms with Crippen molar-refractivity contribution in [1.82, 2.24) is 5.32 Å². The fourth-order valence-corrected chi connectivity index (χ4v) is 3.86. The predicted molar refractivity (Wildman–Crippen MR) is 84.8 cm³/mol. The van der Waals surface area contributed by atoms with Crippen LogP contribution in [0, 0.1) is 0 Å². The maximum Gasteiger partial charge on any atom is 0.216 e. The molecule has 0 aromatic heterocycles. The molecule has 3 heteroatoms. The van der Waals surface area contributed by atoms with E-state index in [1.54, 1.807) is 6.92 Å². The Morgan fingerprint density at radius 1 is 1.11 bits per heavy atom. The molecule has 0 bridgehead atoms. The largest absolute Gasteiger partial charge is 0.356 e. The summed E-state index contributed by atoms with van der Waals surface area (Å²) < 4.78 is 0. The minimum atomic E-state index is -0.813. The molecule has 0 atom stereocenters. The molecule has 0 saturated heterocycles. The molecule has 2 rings (SSSR count). The predicted octanol–water partition coefficient (Wildman–Crippen LogP) is 2.21. The van der Waals surface area contributed by atoms with Crippen LogP contribution in [0.5, 0.6) is 0 Å². The summed E-state index contributed by atoms with van der Waals surface area (Å²) in [5.74, 6) is 0.0375. The zero-order valence-corrected chi connectivity index (χ0v) is 13.0. The van der Waals surface area contributed by atoms with Gasteiger partial charge >= 0.3 is 0 Å². The van der Waals surface area contributed by atoms with Crippen LogP contribution in [0.1, 0.15) is 12.5 Å². The van der Waals surface area contributed by atoms with Crippen molar-refractivity contribution in [2.24, 2.45) is 0 Å². The van der Waals surface area contributed by atoms with E-state index in [0.717, 1.165) is 6.42 Å². The van der Waals surface area contributed by atoms with E-state index in [0.29, 0.717) is 6.54 Å². The Hall–Kier alpha value is -1.61. The third kappa shape index (κ3) is 3.23. The molecule has 0 unspecified atom stereocenters. The normalized spacial score (nSPS) is 10.9. The summed E-state index contributed by atoms with van der Waals surface area (Å²) >= 11 is 0. The molecular formula is C16H21NOSi. The number of fused-ring (bicyclic) bond motifs is 1. The Morgan fingerprint density at radius 3 is 2.47 bits per heavy atom. The number of rotatable bonds is 4. The Labute approximate surface area is 116 Å². The molecule has 19 heavy (non-hydrogen) atoms. The minimum Gasteiger partial charge on any atom is -0.356 e. The molecular weight excluding hydrogens is 250 g/mol. The first kappa shape index (κ1) is 13.8. The van der Waals surface area contributed by atoms with Crippen molar-refractivity contribution in [2.45, 2.75) is 26.4 Å². The Bertz CT molecular complexity index is 592. The van der Waals surface area contributed by atoms with E-state index < -0.39 is 8.80 Å². The first-order valence-electron chi connectivity index (χ1n) is 6.84. The molecule has 2 aromatic rings. The first-order chi connectivity index (χ1) is 9.09. The molecule has 100 valence electrons. The average molecular weight is 271 g/mol. The lowest BCUT2D eigenvalue weighted by molar-refractivity contribution is -0.118. The van der Waals surface area contributed by atoms with Gasteiger partial charge in [0.2, 0.25) is 5.91 Å². The number of benzene rings is 2. The topological polar surface area (TPSA) is 29.1 Å². The number of hydrogen-bond donors (Lipinski definition) is 1. The third-order valence-corrected chi connectivity index (χ3v) is 5.18. The summed E-state index contributed by atoms with van der Waals surface area (Å²) in [6.45, 7) is 6.99. The fraction of sp³-hybridized carbons (Fsp3) is 0.312. The molecule has 1 N–H and O–H groups in total. The quantitative estimate of drug-likeness (QED) is 0.849. The molecule has 2 nitrogen and oxygen atoms in total. The van der Waals surface area contributed by atoms with E-state index in [1.807, 2.05) is 0 Å². The van der Waals surface area contributed by atoms with Crippen molar-refractivity contribution >= 4 is 30.7 Å². The van der Waals surface area contributed by atoms with E-state index >= 15 is 0 Å². The summed E-state index contributed by atoms with van der Waals surface area (Å²) in [6, 6.07) is 13.1. The van der Waals surface area contributed by atoms with Gasteiger partial charge in [-0.05, 0) is 22.8 Å². The van der Waals surface area contributed by atoms with Gasteiger partial charge in [-0.2, -0.15) is 0 Å². The molecule has 0 aliphatic rings. The number of nitrogens with one attached hydrogen (secondary N) is 1. The second-order valence-electron chi connectivity index (χ2n) is 5.25. The van der Waals surface area contributed by atoms with Crippen LogP contribution in [0.2, 0.25) is 13.1 Å². The maximum absolute atomic E-state index is 10.9. The highest BCUT2D eigenvalue weighted by molar-refractivity contribution is 6.73. The molecule has 0 spiro atoms. The van der Waals surface area contributed by atoms with Crippen LogP contribution in [0.25, 0.3) is 10.8 Å². The lowest BCUT2D eigenvalue weighted by atomic mass is 10.0. The monoisotopic (exact) mass is 271 g/mol. The van der Waals surface area contributed by atoms with Crippen molar-refractivity contribution in [3.63, 3.8) is 0 Å². The summed E-state index contributed by atoms with van der Waals surface area (Å²) in [6.07, 6.45) is 0.889. The van der Waals surface area contributed by atoms with E-state index in [4.69, 9.17) is 0 Å². The Balaban J connectivity index is 2.35. The lowest BCUT2D eigenvalue weighted by Gasteiger charge is -2.12. The molecule has 1 amide bonds. The van der Waals surface area contributed by atoms with Crippen molar-refractivity contribution < 1.29 is 4.79 Å². The van der Waals surface area contributed by atoms with Gasteiger partial charge in [-0.3, -0.25) is 4.79 Å². The number of carbonyl (C=O) groups excluding carboxylic acids is 1. The van der Waals surface area contributed by atoms with E-state index in [9.17, 15) is 4.79 Å². The molecule has 0 radical (unpaired) electrons. The van der Waals surface area contributed by atoms with Crippen molar-refractivity contribution in [2.75, 3.05) is 6.54 Å². The van der Waals surface area contributed by atoms with Gasteiger partial charge in [-0.15, -0.1) is 0 Å². The summed E-state index contributed by atoms with van der Waals surface area (Å²) in [7, 11) is -0.813. The maximum atomic E-state index is 10.9. The van der Waals surface area contributed by atoms with Gasteiger partial charge in [0, 0.05) is 13.5 Å². The highest BCUT2D eigenvalue weighted by atomic mass is 28.3. The highest BCUT2D eigenvalue weighted by Crippen LogP contribution is 2.18. The van der Waals surface area contributed by atoms with Gasteiger partial charge in [0.15, 0.2) is 0 Å². The molecule has 0 fully saturated rings. The molecule has 0 heterocycles. The van der Waals surface area contributed by atoms with Gasteiger partial charge < -0.3 is 5.32 Å². The van der Waals surface area contributed by atoms with Gasteiger partial charge in [0.05, 0.1) is 8.80 Å². The summed E-state index contributed by atoms with van der Waals surface area (Å²) in [5.41, 5.74) is 1.32. The van der Waals surface area contributed by atoms with E-state index in [2.05, 4.69) is 54.8 Å². The highest BCUT2D eigenvalue weighted by Gasteiger charge is 2.08. The SMILES string of the molecule is CC(=O)NCCc1cccc2c([SiH](C)C)cccc12. The van der Waals surface area contributed by atoms with Crippen LogP contribution in [-0.2, 0) is 11.2 Å². The van der Waals surface area contributed by atoms with Crippen LogP contribution in [0.15, 0.2) is 36.4 Å². The number of hydrogen-bond acceptors (Lipinski definition) is 1. The Morgan fingerprint density at radius 2 is 1.79 bits per heavy atom. The number of carbonyl (C=O) groups is 1. The number of amides is 1. The van der Waals surface area contributed by atoms with Crippen molar-refractivity contribution in [3.8, 4) is 0 Å². The van der Waals surface area contributed by atoms with Gasteiger partial charge in [0.1, 0.15) is 0 Å². The lowest BCUT2D eigenvalue weighted by Crippen LogP contribution is -2.24. The van der Waals surface area contributed by atoms with Crippen LogP contribution in [0.3, 0.4) is 0 Å². The molecule has 2 aromatic carbocycles. The Kier molecular flexibility index (Phi) is 4.38. The standard InChI is InChI=1S/C16H21NOSi/c1-12(18)17-11-10-13-6-4-8-15-14(13)7-5-9-16(15)19(2)3/h4-9,19H,10-11H2,1-3H3,(H,17,18). The second-order valence-corrected chi connectivity index (χ2v) is 8.18. The van der Waals surface area contributed by atoms with E-state index in [-0.39, 0.29) is 5.91 Å². The average Bonchev–Trinajstić information content (AvgIpc) is 2.37. The van der Waals surface area contributed by atoms with Gasteiger partial charge in [-0.25, -0.2) is 0 Å². The zero-order chi connectivity index (χ0) is 13.8. The summed E-state index contributed by atoms with van der Waals surface area (Å²) in [4.78, 5) is 10.9. The molecule has 0 aliphatic carbocycles. The minimum absolute atomic E-state index is 0.0375. The second kappa shape index (κ2) is 6.02. The zero-order valence-electron chi connectivity index (χ0n) is 11.9. The first-order valence-corrected chi connectivity index (χ1v) is 9.73. The smallest absolute Gasteiger partial charge is 0.216 e. The third-order valence-electron chi connectivity index (χ3n) is 3.44. The van der Waals surface area contributed by atoms with Crippen LogP contribution in [0.4, 0.5) is 0 Å². The molecule has 0 aliphatic heterocycles. The van der Waals surface area contributed by atoms with Crippen molar-refractivity contribution in [1.29, 1.82) is 0 Å². The van der Waals surface area contributed by atoms with Gasteiger partial charge in [0.25, 0.3) is 0 Å². The molecule has 0 saturated carbocycles. The van der Waals surface area contributed by atoms with Crippen LogP contribution < -0.4 is 10.5 Å². The fourth-order valence-electron chi connectivity index (χ4n) is 2.49. The van der Waals surface area contributed by atoms with Crippen LogP contribution in [-0.4, -0.2) is 21.2 Å². The summed E-state index contributed by atoms with van der Waals surface area (Å²) in [5, 5.41) is 7.13. The van der Waals surface area contributed by atoms with Crippen molar-refractivity contribution in [3.05, 3.63) is 42.0 Å². The van der Waals surface area contributed by atoms with Crippen LogP contribution >= 0.6 is 0 Å². The van der Waals surface area contributed by atoms with Gasteiger partial charge in [-0.1, -0.05) is 54.7 Å².